The second kappa shape index (κ2) is 5.96. The van der Waals surface area contributed by atoms with Crippen molar-refractivity contribution in [2.75, 3.05) is 20.3 Å². The van der Waals surface area contributed by atoms with Gasteiger partial charge in [-0.15, -0.1) is 0 Å². The van der Waals surface area contributed by atoms with E-state index in [9.17, 15) is 0 Å². The Labute approximate surface area is 86.1 Å². The van der Waals surface area contributed by atoms with E-state index in [2.05, 4.69) is 21.4 Å². The Kier molecular flexibility index (Phi) is 4.82. The molecule has 0 bridgehead atoms. The number of halogens is 1. The van der Waals surface area contributed by atoms with Crippen molar-refractivity contribution in [1.29, 1.82) is 0 Å². The average molecular weight is 246 g/mol. The molecule has 0 heterocycles. The Morgan fingerprint density at radius 2 is 1.92 bits per heavy atom. The highest BCUT2D eigenvalue weighted by molar-refractivity contribution is 9.10. The number of ether oxygens (including phenoxy) is 1. The first kappa shape index (κ1) is 10.5. The van der Waals surface area contributed by atoms with E-state index in [1.165, 1.54) is 0 Å². The molecule has 0 saturated heterocycles. The van der Waals surface area contributed by atoms with Crippen molar-refractivity contribution in [2.24, 2.45) is 0 Å². The Morgan fingerprint density at radius 3 is 2.54 bits per heavy atom. The molecule has 0 atom stereocenters. The summed E-state index contributed by atoms with van der Waals surface area (Å²) >= 11 is 3.35. The molecule has 1 N–H and O–H groups in total. The topological polar surface area (TPSA) is 30.5 Å². The Balaban J connectivity index is 2.25. The Morgan fingerprint density at radius 1 is 1.23 bits per heavy atom. The molecule has 0 unspecified atom stereocenters. The van der Waals surface area contributed by atoms with Crippen LogP contribution in [0.5, 0.6) is 5.75 Å². The lowest BCUT2D eigenvalue weighted by molar-refractivity contribution is 0.0367. The van der Waals surface area contributed by atoms with Gasteiger partial charge in [0.2, 0.25) is 0 Å². The van der Waals surface area contributed by atoms with Gasteiger partial charge in [0.1, 0.15) is 19.0 Å². The summed E-state index contributed by atoms with van der Waals surface area (Å²) < 4.78 is 6.42. The molecule has 1 aromatic rings. The molecule has 0 fully saturated rings. The van der Waals surface area contributed by atoms with Crippen LogP contribution in [-0.4, -0.2) is 20.3 Å². The molecule has 72 valence electrons. The highest BCUT2D eigenvalue weighted by Crippen LogP contribution is 2.15. The van der Waals surface area contributed by atoms with Crippen LogP contribution in [0, 0.1) is 0 Å². The smallest absolute Gasteiger partial charge is 0.119 e. The van der Waals surface area contributed by atoms with Crippen LogP contribution in [0.15, 0.2) is 28.7 Å². The van der Waals surface area contributed by atoms with Gasteiger partial charge >= 0.3 is 0 Å². The molecule has 0 aliphatic heterocycles. The van der Waals surface area contributed by atoms with Crippen LogP contribution in [-0.2, 0) is 4.84 Å². The van der Waals surface area contributed by atoms with E-state index in [0.717, 1.165) is 10.2 Å². The molecule has 0 amide bonds. The molecule has 0 saturated carbocycles. The summed E-state index contributed by atoms with van der Waals surface area (Å²) in [7, 11) is 1.72. The summed E-state index contributed by atoms with van der Waals surface area (Å²) in [5.74, 6) is 0.850. The monoisotopic (exact) mass is 245 g/mol. The number of hydrogen-bond donors (Lipinski definition) is 1. The molecule has 1 aromatic carbocycles. The van der Waals surface area contributed by atoms with E-state index in [0.29, 0.717) is 13.2 Å². The van der Waals surface area contributed by atoms with Crippen molar-refractivity contribution in [3.63, 3.8) is 0 Å². The maximum atomic E-state index is 5.38. The minimum absolute atomic E-state index is 0.534. The van der Waals surface area contributed by atoms with Gasteiger partial charge in [-0.3, -0.25) is 4.84 Å². The van der Waals surface area contributed by atoms with E-state index in [1.807, 2.05) is 24.3 Å². The lowest BCUT2D eigenvalue weighted by Gasteiger charge is -2.05. The van der Waals surface area contributed by atoms with E-state index in [1.54, 1.807) is 7.05 Å². The van der Waals surface area contributed by atoms with Crippen molar-refractivity contribution in [1.82, 2.24) is 5.48 Å². The van der Waals surface area contributed by atoms with Gasteiger partial charge in [-0.05, 0) is 24.3 Å². The lowest BCUT2D eigenvalue weighted by Crippen LogP contribution is -2.14. The van der Waals surface area contributed by atoms with Crippen molar-refractivity contribution in [2.45, 2.75) is 0 Å². The molecule has 13 heavy (non-hydrogen) atoms. The van der Waals surface area contributed by atoms with Crippen LogP contribution in [0.4, 0.5) is 0 Å². The molecule has 4 heteroatoms. The molecule has 1 rings (SSSR count). The third-order valence-electron chi connectivity index (χ3n) is 1.41. The van der Waals surface area contributed by atoms with Crippen LogP contribution in [0.3, 0.4) is 0 Å². The van der Waals surface area contributed by atoms with Gasteiger partial charge in [-0.2, -0.15) is 0 Å². The van der Waals surface area contributed by atoms with Gasteiger partial charge in [0, 0.05) is 11.5 Å². The lowest BCUT2D eigenvalue weighted by atomic mass is 10.3. The third-order valence-corrected chi connectivity index (χ3v) is 1.94. The molecular weight excluding hydrogens is 234 g/mol. The Bertz CT molecular complexity index is 238. The van der Waals surface area contributed by atoms with E-state index in [-0.39, 0.29) is 0 Å². The second-order valence-electron chi connectivity index (χ2n) is 2.35. The first-order valence-corrected chi connectivity index (χ1v) is 4.79. The number of hydrogen-bond acceptors (Lipinski definition) is 3. The number of nitrogens with one attached hydrogen (secondary N) is 1. The van der Waals surface area contributed by atoms with Gasteiger partial charge in [0.15, 0.2) is 0 Å². The predicted molar refractivity (Wildman–Crippen MR) is 54.6 cm³/mol. The Hall–Kier alpha value is -0.580. The number of benzene rings is 1. The maximum Gasteiger partial charge on any atom is 0.119 e. The molecule has 0 aromatic heterocycles. The largest absolute Gasteiger partial charge is 0.491 e. The van der Waals surface area contributed by atoms with Gasteiger partial charge in [0.25, 0.3) is 0 Å². The van der Waals surface area contributed by atoms with E-state index >= 15 is 0 Å². The van der Waals surface area contributed by atoms with Crippen LogP contribution in [0.1, 0.15) is 0 Å². The van der Waals surface area contributed by atoms with Gasteiger partial charge in [-0.25, -0.2) is 5.48 Å². The van der Waals surface area contributed by atoms with Crippen LogP contribution < -0.4 is 10.2 Å². The SMILES string of the molecule is CNOCCOc1ccc(Br)cc1. The van der Waals surface area contributed by atoms with Crippen molar-refractivity contribution in [3.05, 3.63) is 28.7 Å². The van der Waals surface area contributed by atoms with Crippen molar-refractivity contribution < 1.29 is 9.57 Å². The van der Waals surface area contributed by atoms with Crippen LogP contribution in [0.2, 0.25) is 0 Å². The zero-order valence-corrected chi connectivity index (χ0v) is 9.00. The van der Waals surface area contributed by atoms with Gasteiger partial charge in [0.05, 0.1) is 0 Å². The van der Waals surface area contributed by atoms with Crippen molar-refractivity contribution >= 4 is 15.9 Å². The zero-order valence-electron chi connectivity index (χ0n) is 7.42. The fourth-order valence-corrected chi connectivity index (χ4v) is 1.10. The minimum Gasteiger partial charge on any atom is -0.491 e. The molecule has 0 radical (unpaired) electrons. The second-order valence-corrected chi connectivity index (χ2v) is 3.27. The first-order chi connectivity index (χ1) is 6.33. The van der Waals surface area contributed by atoms with Crippen LogP contribution in [0.25, 0.3) is 0 Å². The summed E-state index contributed by atoms with van der Waals surface area (Å²) in [5, 5.41) is 0. The third kappa shape index (κ3) is 4.26. The zero-order chi connectivity index (χ0) is 9.52. The van der Waals surface area contributed by atoms with Crippen LogP contribution >= 0.6 is 15.9 Å². The molecular formula is C9H12BrNO2. The summed E-state index contributed by atoms with van der Waals surface area (Å²) in [5.41, 5.74) is 2.58. The summed E-state index contributed by atoms with van der Waals surface area (Å²) in [6.45, 7) is 1.08. The highest BCUT2D eigenvalue weighted by Gasteiger charge is 1.92. The van der Waals surface area contributed by atoms with E-state index < -0.39 is 0 Å². The number of rotatable bonds is 5. The molecule has 3 nitrogen and oxygen atoms in total. The standard InChI is InChI=1S/C9H12BrNO2/c1-11-13-7-6-12-9-4-2-8(10)3-5-9/h2-5,11H,6-7H2,1H3. The normalized spacial score (nSPS) is 10.0. The molecule has 0 spiro atoms. The summed E-state index contributed by atoms with van der Waals surface area (Å²) in [6, 6.07) is 7.69. The average Bonchev–Trinajstić information content (AvgIpc) is 2.15. The fraction of sp³-hybridized carbons (Fsp3) is 0.333. The molecule has 0 aliphatic rings. The van der Waals surface area contributed by atoms with Gasteiger partial charge < -0.3 is 4.74 Å². The van der Waals surface area contributed by atoms with Gasteiger partial charge in [-0.1, -0.05) is 15.9 Å². The predicted octanol–water partition coefficient (Wildman–Crippen LogP) is 1.98. The summed E-state index contributed by atoms with van der Waals surface area (Å²) in [4.78, 5) is 4.89. The first-order valence-electron chi connectivity index (χ1n) is 4.00. The quantitative estimate of drug-likeness (QED) is 0.636. The molecule has 0 aliphatic carbocycles. The van der Waals surface area contributed by atoms with Crippen molar-refractivity contribution in [3.8, 4) is 5.75 Å². The number of hydroxylamine groups is 1. The fourth-order valence-electron chi connectivity index (χ4n) is 0.834. The minimum atomic E-state index is 0.534. The highest BCUT2D eigenvalue weighted by atomic mass is 79.9. The maximum absolute atomic E-state index is 5.38. The van der Waals surface area contributed by atoms with E-state index in [4.69, 9.17) is 9.57 Å². The summed E-state index contributed by atoms with van der Waals surface area (Å²) in [6.07, 6.45) is 0.